The highest BCUT2D eigenvalue weighted by Gasteiger charge is 2.24. The van der Waals surface area contributed by atoms with Gasteiger partial charge in [-0.1, -0.05) is 25.6 Å². The topological polar surface area (TPSA) is 53.6 Å². The van der Waals surface area contributed by atoms with Crippen LogP contribution in [0, 0.1) is 11.8 Å². The maximum atomic E-state index is 4.13. The zero-order chi connectivity index (χ0) is 14.7. The van der Waals surface area contributed by atoms with Gasteiger partial charge in [0.1, 0.15) is 6.33 Å². The zero-order valence-corrected chi connectivity index (χ0v) is 13.4. The molecule has 1 aliphatic carbocycles. The van der Waals surface area contributed by atoms with Gasteiger partial charge in [-0.2, -0.15) is 5.10 Å². The second kappa shape index (κ2) is 6.52. The van der Waals surface area contributed by atoms with Crippen molar-refractivity contribution in [1.82, 2.24) is 15.2 Å². The van der Waals surface area contributed by atoms with Crippen LogP contribution in [0.1, 0.15) is 33.1 Å². The summed E-state index contributed by atoms with van der Waals surface area (Å²) in [6.07, 6.45) is 5.47. The molecule has 0 bridgehead atoms. The number of benzene rings is 1. The van der Waals surface area contributed by atoms with Gasteiger partial charge < -0.3 is 5.32 Å². The number of rotatable bonds is 4. The van der Waals surface area contributed by atoms with Gasteiger partial charge in [0.2, 0.25) is 0 Å². The molecule has 1 fully saturated rings. The number of hydrogen-bond donors (Lipinski definition) is 2. The summed E-state index contributed by atoms with van der Waals surface area (Å²) in [5.74, 6) is 1.62. The van der Waals surface area contributed by atoms with Crippen molar-refractivity contribution in [2.75, 3.05) is 5.32 Å². The lowest BCUT2D eigenvalue weighted by molar-refractivity contribution is 0.276. The van der Waals surface area contributed by atoms with E-state index in [1.807, 2.05) is 0 Å². The van der Waals surface area contributed by atoms with Crippen LogP contribution in [-0.2, 0) is 0 Å². The molecule has 1 aliphatic rings. The van der Waals surface area contributed by atoms with Crippen molar-refractivity contribution in [2.45, 2.75) is 49.2 Å². The van der Waals surface area contributed by atoms with Crippen LogP contribution in [0.15, 0.2) is 40.6 Å². The van der Waals surface area contributed by atoms with Crippen LogP contribution in [0.2, 0.25) is 0 Å². The number of hydrogen-bond acceptors (Lipinski definition) is 4. The van der Waals surface area contributed by atoms with Crippen LogP contribution in [-0.4, -0.2) is 21.2 Å². The van der Waals surface area contributed by atoms with Crippen LogP contribution < -0.4 is 5.32 Å². The molecule has 112 valence electrons. The van der Waals surface area contributed by atoms with E-state index in [1.165, 1.54) is 36.2 Å². The molecule has 0 aliphatic heterocycles. The molecule has 0 radical (unpaired) electrons. The lowest BCUT2D eigenvalue weighted by Crippen LogP contribution is -2.32. The quantitative estimate of drug-likeness (QED) is 0.889. The van der Waals surface area contributed by atoms with E-state index in [0.29, 0.717) is 6.04 Å². The van der Waals surface area contributed by atoms with E-state index in [2.05, 4.69) is 58.6 Å². The van der Waals surface area contributed by atoms with Crippen molar-refractivity contribution in [3.05, 3.63) is 30.6 Å². The number of nitrogens with one attached hydrogen (secondary N) is 2. The molecule has 1 aromatic carbocycles. The van der Waals surface area contributed by atoms with Crippen molar-refractivity contribution >= 4 is 17.4 Å². The summed E-state index contributed by atoms with van der Waals surface area (Å²) in [5, 5.41) is 11.2. The Morgan fingerprint density at radius 1 is 1.19 bits per heavy atom. The van der Waals surface area contributed by atoms with Crippen LogP contribution >= 0.6 is 11.8 Å². The van der Waals surface area contributed by atoms with Gasteiger partial charge in [0, 0.05) is 16.6 Å². The summed E-state index contributed by atoms with van der Waals surface area (Å²) in [5.41, 5.74) is 1.21. The molecular formula is C16H22N4S. The largest absolute Gasteiger partial charge is 0.382 e. The number of nitrogens with zero attached hydrogens (tertiary/aromatic N) is 2. The first-order valence-corrected chi connectivity index (χ1v) is 8.42. The molecule has 3 rings (SSSR count). The number of aromatic amines is 1. The van der Waals surface area contributed by atoms with E-state index >= 15 is 0 Å². The van der Waals surface area contributed by atoms with Crippen LogP contribution in [0.3, 0.4) is 0 Å². The van der Waals surface area contributed by atoms with Gasteiger partial charge in [0.05, 0.1) is 0 Å². The van der Waals surface area contributed by atoms with Gasteiger partial charge in [-0.05, 0) is 55.4 Å². The first-order valence-electron chi connectivity index (χ1n) is 7.60. The third-order valence-corrected chi connectivity index (χ3v) is 5.14. The normalized spacial score (nSPS) is 25.7. The average Bonchev–Trinajstić information content (AvgIpc) is 2.97. The minimum absolute atomic E-state index is 0.606. The molecule has 1 heterocycles. The molecular weight excluding hydrogens is 280 g/mol. The molecule has 5 heteroatoms. The molecule has 3 unspecified atom stereocenters. The third-order valence-electron chi connectivity index (χ3n) is 4.25. The fraction of sp³-hybridized carbons (Fsp3) is 0.500. The van der Waals surface area contributed by atoms with Gasteiger partial charge in [0.15, 0.2) is 5.16 Å². The fourth-order valence-corrected chi connectivity index (χ4v) is 3.76. The van der Waals surface area contributed by atoms with Crippen molar-refractivity contribution in [1.29, 1.82) is 0 Å². The molecule has 0 saturated heterocycles. The van der Waals surface area contributed by atoms with E-state index in [-0.39, 0.29) is 0 Å². The van der Waals surface area contributed by atoms with Gasteiger partial charge in [0.25, 0.3) is 0 Å². The molecule has 21 heavy (non-hydrogen) atoms. The van der Waals surface area contributed by atoms with E-state index in [0.717, 1.165) is 17.0 Å². The fourth-order valence-electron chi connectivity index (χ4n) is 3.07. The van der Waals surface area contributed by atoms with Crippen molar-refractivity contribution in [2.24, 2.45) is 11.8 Å². The first kappa shape index (κ1) is 14.4. The molecule has 3 atom stereocenters. The highest BCUT2D eigenvalue weighted by Crippen LogP contribution is 2.31. The van der Waals surface area contributed by atoms with E-state index in [1.54, 1.807) is 11.8 Å². The Morgan fingerprint density at radius 3 is 2.67 bits per heavy atom. The van der Waals surface area contributed by atoms with Crippen molar-refractivity contribution in [3.8, 4) is 0 Å². The van der Waals surface area contributed by atoms with Crippen molar-refractivity contribution in [3.63, 3.8) is 0 Å². The summed E-state index contributed by atoms with van der Waals surface area (Å²) in [4.78, 5) is 5.29. The second-order valence-corrected chi connectivity index (χ2v) is 7.13. The summed E-state index contributed by atoms with van der Waals surface area (Å²) in [6.45, 7) is 4.73. The monoisotopic (exact) mass is 302 g/mol. The lowest BCUT2D eigenvalue weighted by atomic mass is 9.80. The summed E-state index contributed by atoms with van der Waals surface area (Å²) in [6, 6.07) is 9.18. The Hall–Kier alpha value is -1.49. The lowest BCUT2D eigenvalue weighted by Gasteiger charge is -2.33. The molecule has 0 spiro atoms. The van der Waals surface area contributed by atoms with Crippen LogP contribution in [0.25, 0.3) is 0 Å². The van der Waals surface area contributed by atoms with E-state index < -0.39 is 0 Å². The molecule has 4 nitrogen and oxygen atoms in total. The summed E-state index contributed by atoms with van der Waals surface area (Å²) in [7, 11) is 0. The molecule has 2 N–H and O–H groups in total. The molecule has 0 amide bonds. The summed E-state index contributed by atoms with van der Waals surface area (Å²) >= 11 is 1.59. The highest BCUT2D eigenvalue weighted by molar-refractivity contribution is 7.99. The number of aromatic nitrogens is 3. The molecule has 1 saturated carbocycles. The van der Waals surface area contributed by atoms with Crippen LogP contribution in [0.5, 0.6) is 0 Å². The maximum absolute atomic E-state index is 4.13. The Balaban J connectivity index is 1.59. The minimum Gasteiger partial charge on any atom is -0.382 e. The van der Waals surface area contributed by atoms with Gasteiger partial charge in [-0.25, -0.2) is 4.98 Å². The number of anilines is 1. The van der Waals surface area contributed by atoms with Crippen molar-refractivity contribution < 1.29 is 0 Å². The standard InChI is InChI=1S/C16H22N4S/c1-11-3-8-15(12(2)9-11)19-13-4-6-14(7-5-13)21-16-17-10-18-20-16/h4-7,10-12,15,19H,3,8-9H2,1-2H3,(H,17,18,20). The Labute approximate surface area is 130 Å². The zero-order valence-electron chi connectivity index (χ0n) is 12.5. The molecule has 2 aromatic rings. The average molecular weight is 302 g/mol. The first-order chi connectivity index (χ1) is 10.2. The third kappa shape index (κ3) is 3.79. The Bertz CT molecular complexity index is 552. The summed E-state index contributed by atoms with van der Waals surface area (Å²) < 4.78 is 0. The second-order valence-electron chi connectivity index (χ2n) is 6.06. The highest BCUT2D eigenvalue weighted by atomic mass is 32.2. The van der Waals surface area contributed by atoms with Crippen LogP contribution in [0.4, 0.5) is 5.69 Å². The smallest absolute Gasteiger partial charge is 0.188 e. The maximum Gasteiger partial charge on any atom is 0.188 e. The number of H-pyrrole nitrogens is 1. The van der Waals surface area contributed by atoms with Gasteiger partial charge in [-0.15, -0.1) is 0 Å². The van der Waals surface area contributed by atoms with Gasteiger partial charge in [-0.3, -0.25) is 5.10 Å². The Kier molecular flexibility index (Phi) is 4.48. The molecule has 1 aromatic heterocycles. The predicted molar refractivity (Wildman–Crippen MR) is 86.5 cm³/mol. The van der Waals surface area contributed by atoms with E-state index in [4.69, 9.17) is 0 Å². The predicted octanol–water partition coefficient (Wildman–Crippen LogP) is 4.19. The SMILES string of the molecule is CC1CCC(Nc2ccc(Sc3ncn[nH]3)cc2)C(C)C1. The van der Waals surface area contributed by atoms with Gasteiger partial charge >= 0.3 is 0 Å². The Morgan fingerprint density at radius 2 is 2.00 bits per heavy atom. The minimum atomic E-state index is 0.606. The van der Waals surface area contributed by atoms with E-state index in [9.17, 15) is 0 Å².